The topological polar surface area (TPSA) is 47.6 Å². The first-order chi connectivity index (χ1) is 11.5. The largest absolute Gasteiger partial charge is 0.493 e. The van der Waals surface area contributed by atoms with Gasteiger partial charge in [-0.2, -0.15) is 0 Å². The quantitative estimate of drug-likeness (QED) is 0.847. The molecule has 0 spiro atoms. The van der Waals surface area contributed by atoms with E-state index in [1.807, 2.05) is 45.0 Å². The Morgan fingerprint density at radius 2 is 1.92 bits per heavy atom. The standard InChI is InChI=1S/C19H22ClNO3/c1-5-24-18-16(20)9-14(10-17(18)23-4)11-21-19(22)15-7-6-12(2)13(3)8-15/h6-10H,5,11H2,1-4H3,(H,21,22). The van der Waals surface area contributed by atoms with Crippen molar-refractivity contribution in [2.75, 3.05) is 13.7 Å². The number of hydrogen-bond donors (Lipinski definition) is 1. The predicted octanol–water partition coefficient (Wildman–Crippen LogP) is 4.29. The van der Waals surface area contributed by atoms with Gasteiger partial charge in [0.15, 0.2) is 11.5 Å². The number of rotatable bonds is 6. The van der Waals surface area contributed by atoms with E-state index in [2.05, 4.69) is 5.32 Å². The van der Waals surface area contributed by atoms with Crippen molar-refractivity contribution in [1.29, 1.82) is 0 Å². The monoisotopic (exact) mass is 347 g/mol. The average molecular weight is 348 g/mol. The van der Waals surface area contributed by atoms with Crippen molar-refractivity contribution in [2.24, 2.45) is 0 Å². The molecule has 1 amide bonds. The van der Waals surface area contributed by atoms with E-state index in [1.54, 1.807) is 13.2 Å². The number of amides is 1. The van der Waals surface area contributed by atoms with E-state index < -0.39 is 0 Å². The summed E-state index contributed by atoms with van der Waals surface area (Å²) in [5, 5.41) is 3.36. The number of hydrogen-bond acceptors (Lipinski definition) is 3. The molecule has 0 heterocycles. The second kappa shape index (κ2) is 8.06. The Morgan fingerprint density at radius 3 is 2.54 bits per heavy atom. The lowest BCUT2D eigenvalue weighted by molar-refractivity contribution is 0.0951. The third kappa shape index (κ3) is 4.20. The molecule has 0 aromatic heterocycles. The van der Waals surface area contributed by atoms with E-state index in [9.17, 15) is 4.79 Å². The summed E-state index contributed by atoms with van der Waals surface area (Å²) in [6, 6.07) is 9.24. The first-order valence-electron chi connectivity index (χ1n) is 7.81. The first-order valence-corrected chi connectivity index (χ1v) is 8.18. The molecule has 0 aliphatic heterocycles. The zero-order chi connectivity index (χ0) is 17.7. The minimum Gasteiger partial charge on any atom is -0.493 e. The van der Waals surface area contributed by atoms with Gasteiger partial charge in [0.05, 0.1) is 18.7 Å². The van der Waals surface area contributed by atoms with Gasteiger partial charge in [0.2, 0.25) is 0 Å². The summed E-state index contributed by atoms with van der Waals surface area (Å²) in [4.78, 5) is 12.3. The van der Waals surface area contributed by atoms with Crippen LogP contribution in [0.1, 0.15) is 34.0 Å². The highest BCUT2D eigenvalue weighted by molar-refractivity contribution is 6.32. The molecule has 2 rings (SSSR count). The van der Waals surface area contributed by atoms with Crippen LogP contribution in [0.3, 0.4) is 0 Å². The number of halogens is 1. The van der Waals surface area contributed by atoms with Crippen LogP contribution in [0.5, 0.6) is 11.5 Å². The molecule has 24 heavy (non-hydrogen) atoms. The van der Waals surface area contributed by atoms with Crippen molar-refractivity contribution >= 4 is 17.5 Å². The molecule has 0 radical (unpaired) electrons. The number of ether oxygens (including phenoxy) is 2. The smallest absolute Gasteiger partial charge is 0.251 e. The summed E-state index contributed by atoms with van der Waals surface area (Å²) in [6.07, 6.45) is 0. The molecule has 2 aromatic rings. The summed E-state index contributed by atoms with van der Waals surface area (Å²) in [5.41, 5.74) is 3.74. The van der Waals surface area contributed by atoms with Gasteiger partial charge in [-0.05, 0) is 61.7 Å². The van der Waals surface area contributed by atoms with Crippen molar-refractivity contribution in [3.63, 3.8) is 0 Å². The van der Waals surface area contributed by atoms with Crippen molar-refractivity contribution in [2.45, 2.75) is 27.3 Å². The van der Waals surface area contributed by atoms with Crippen LogP contribution in [0.4, 0.5) is 0 Å². The van der Waals surface area contributed by atoms with Crippen LogP contribution in [0.2, 0.25) is 5.02 Å². The molecular formula is C19H22ClNO3. The maximum absolute atomic E-state index is 12.3. The number of aryl methyl sites for hydroxylation is 2. The molecule has 5 heteroatoms. The van der Waals surface area contributed by atoms with Crippen LogP contribution in [-0.4, -0.2) is 19.6 Å². The number of benzene rings is 2. The van der Waals surface area contributed by atoms with Crippen LogP contribution >= 0.6 is 11.6 Å². The van der Waals surface area contributed by atoms with E-state index in [-0.39, 0.29) is 5.91 Å². The summed E-state index contributed by atoms with van der Waals surface area (Å²) >= 11 is 6.24. The number of nitrogens with one attached hydrogen (secondary N) is 1. The molecule has 1 N–H and O–H groups in total. The van der Waals surface area contributed by atoms with Crippen molar-refractivity contribution < 1.29 is 14.3 Å². The van der Waals surface area contributed by atoms with E-state index >= 15 is 0 Å². The van der Waals surface area contributed by atoms with Gasteiger partial charge >= 0.3 is 0 Å². The molecule has 0 bridgehead atoms. The number of carbonyl (C=O) groups is 1. The molecule has 0 saturated carbocycles. The molecule has 0 aliphatic rings. The SMILES string of the molecule is CCOc1c(Cl)cc(CNC(=O)c2ccc(C)c(C)c2)cc1OC. The Bertz CT molecular complexity index is 744. The Balaban J connectivity index is 2.12. The minimum absolute atomic E-state index is 0.123. The van der Waals surface area contributed by atoms with E-state index in [1.165, 1.54) is 0 Å². The van der Waals surface area contributed by atoms with Gasteiger partial charge in [0.25, 0.3) is 5.91 Å². The van der Waals surface area contributed by atoms with Crippen LogP contribution < -0.4 is 14.8 Å². The predicted molar refractivity (Wildman–Crippen MR) is 96.3 cm³/mol. The van der Waals surface area contributed by atoms with Gasteiger partial charge in [0, 0.05) is 12.1 Å². The van der Waals surface area contributed by atoms with Gasteiger partial charge in [-0.3, -0.25) is 4.79 Å². The molecule has 4 nitrogen and oxygen atoms in total. The Labute approximate surface area is 147 Å². The third-order valence-corrected chi connectivity index (χ3v) is 4.08. The fourth-order valence-corrected chi connectivity index (χ4v) is 2.61. The van der Waals surface area contributed by atoms with Crippen LogP contribution in [-0.2, 0) is 6.54 Å². The first kappa shape index (κ1) is 18.1. The van der Waals surface area contributed by atoms with Gasteiger partial charge in [-0.25, -0.2) is 0 Å². The molecule has 2 aromatic carbocycles. The lowest BCUT2D eigenvalue weighted by Crippen LogP contribution is -2.23. The third-order valence-electron chi connectivity index (χ3n) is 3.80. The Hall–Kier alpha value is -2.20. The van der Waals surface area contributed by atoms with Crippen molar-refractivity contribution in [3.05, 3.63) is 57.6 Å². The molecule has 0 saturated heterocycles. The summed E-state index contributed by atoms with van der Waals surface area (Å²) < 4.78 is 10.8. The second-order valence-electron chi connectivity index (χ2n) is 5.52. The fraction of sp³-hybridized carbons (Fsp3) is 0.316. The Kier molecular flexibility index (Phi) is 6.10. The van der Waals surface area contributed by atoms with Gasteiger partial charge in [-0.15, -0.1) is 0 Å². The highest BCUT2D eigenvalue weighted by Gasteiger charge is 2.13. The summed E-state index contributed by atoms with van der Waals surface area (Å²) in [5.74, 6) is 0.952. The van der Waals surface area contributed by atoms with E-state index in [0.29, 0.717) is 35.2 Å². The zero-order valence-corrected chi connectivity index (χ0v) is 15.2. The highest BCUT2D eigenvalue weighted by Crippen LogP contribution is 2.36. The molecule has 0 fully saturated rings. The van der Waals surface area contributed by atoms with E-state index in [0.717, 1.165) is 16.7 Å². The lowest BCUT2D eigenvalue weighted by atomic mass is 10.1. The van der Waals surface area contributed by atoms with Gasteiger partial charge < -0.3 is 14.8 Å². The molecular weight excluding hydrogens is 326 g/mol. The van der Waals surface area contributed by atoms with Crippen LogP contribution in [0, 0.1) is 13.8 Å². The van der Waals surface area contributed by atoms with Crippen LogP contribution in [0.25, 0.3) is 0 Å². The van der Waals surface area contributed by atoms with Gasteiger partial charge in [-0.1, -0.05) is 17.7 Å². The normalized spacial score (nSPS) is 10.4. The number of carbonyl (C=O) groups excluding carboxylic acids is 1. The molecule has 0 unspecified atom stereocenters. The molecule has 0 atom stereocenters. The highest BCUT2D eigenvalue weighted by atomic mass is 35.5. The lowest BCUT2D eigenvalue weighted by Gasteiger charge is -2.13. The summed E-state index contributed by atoms with van der Waals surface area (Å²) in [7, 11) is 1.56. The molecule has 128 valence electrons. The average Bonchev–Trinajstić information content (AvgIpc) is 2.57. The summed E-state index contributed by atoms with van der Waals surface area (Å²) in [6.45, 7) is 6.75. The Morgan fingerprint density at radius 1 is 1.17 bits per heavy atom. The zero-order valence-electron chi connectivity index (χ0n) is 14.4. The second-order valence-corrected chi connectivity index (χ2v) is 5.93. The van der Waals surface area contributed by atoms with Crippen molar-refractivity contribution in [1.82, 2.24) is 5.32 Å². The maximum Gasteiger partial charge on any atom is 0.251 e. The van der Waals surface area contributed by atoms with Crippen molar-refractivity contribution in [3.8, 4) is 11.5 Å². The number of methoxy groups -OCH3 is 1. The van der Waals surface area contributed by atoms with E-state index in [4.69, 9.17) is 21.1 Å². The fourth-order valence-electron chi connectivity index (χ4n) is 2.33. The van der Waals surface area contributed by atoms with Crippen LogP contribution in [0.15, 0.2) is 30.3 Å². The molecule has 0 aliphatic carbocycles. The van der Waals surface area contributed by atoms with Gasteiger partial charge in [0.1, 0.15) is 0 Å². The maximum atomic E-state index is 12.3. The minimum atomic E-state index is -0.123.